The van der Waals surface area contributed by atoms with Crippen molar-refractivity contribution in [2.45, 2.75) is 33.1 Å². The summed E-state index contributed by atoms with van der Waals surface area (Å²) < 4.78 is 3.96. The summed E-state index contributed by atoms with van der Waals surface area (Å²) in [7, 11) is 0. The highest BCUT2D eigenvalue weighted by atomic mass is 32.1. The third kappa shape index (κ3) is 3.21. The van der Waals surface area contributed by atoms with E-state index >= 15 is 0 Å². The van der Waals surface area contributed by atoms with Gasteiger partial charge in [-0.1, -0.05) is 25.3 Å². The van der Waals surface area contributed by atoms with Gasteiger partial charge in [0, 0.05) is 23.3 Å². The molecule has 0 atom stereocenters. The molecule has 0 aliphatic rings. The quantitative estimate of drug-likeness (QED) is 0.884. The highest BCUT2D eigenvalue weighted by Gasteiger charge is 2.29. The molecule has 0 saturated heterocycles. The Labute approximate surface area is 128 Å². The summed E-state index contributed by atoms with van der Waals surface area (Å²) in [5.74, 6) is -0.0674. The topological polar surface area (TPSA) is 72.1 Å². The Morgan fingerprint density at radius 2 is 1.90 bits per heavy atom. The first-order valence-corrected chi connectivity index (χ1v) is 7.62. The maximum Gasteiger partial charge on any atom is 0.271 e. The summed E-state index contributed by atoms with van der Waals surface area (Å²) >= 11 is 1.15. The number of nitrogen functional groups attached to an aromatic ring is 1. The third-order valence-electron chi connectivity index (χ3n) is 3.16. The molecule has 2 N–H and O–H groups in total. The molecular formula is C15H20N4OS. The van der Waals surface area contributed by atoms with Gasteiger partial charge in [-0.25, -0.2) is 0 Å². The van der Waals surface area contributed by atoms with Gasteiger partial charge in [-0.2, -0.15) is 0 Å². The van der Waals surface area contributed by atoms with Crippen LogP contribution in [-0.4, -0.2) is 22.0 Å². The number of nitrogens with two attached hydrogens (primary N) is 1. The van der Waals surface area contributed by atoms with Gasteiger partial charge in [0.15, 0.2) is 0 Å². The van der Waals surface area contributed by atoms with Crippen molar-refractivity contribution in [3.05, 3.63) is 34.8 Å². The molecule has 5 nitrogen and oxygen atoms in total. The highest BCUT2D eigenvalue weighted by molar-refractivity contribution is 7.08. The van der Waals surface area contributed by atoms with Crippen molar-refractivity contribution < 1.29 is 4.79 Å². The largest absolute Gasteiger partial charge is 0.399 e. The van der Waals surface area contributed by atoms with Gasteiger partial charge >= 0.3 is 0 Å². The first-order valence-electron chi connectivity index (χ1n) is 6.85. The Morgan fingerprint density at radius 3 is 2.43 bits per heavy atom. The number of carbonyl (C=O) groups is 1. The fraction of sp³-hybridized carbons (Fsp3) is 0.400. The standard InChI is InChI=1S/C15H20N4OS/c1-5-19(11-8-6-10(16)7-9-11)14(20)12-13(15(2,3)4)17-18-21-12/h6-9H,5,16H2,1-4H3. The van der Waals surface area contributed by atoms with Crippen molar-refractivity contribution in [2.75, 3.05) is 17.2 Å². The molecule has 0 radical (unpaired) electrons. The molecule has 0 aliphatic heterocycles. The van der Waals surface area contributed by atoms with Crippen molar-refractivity contribution >= 4 is 28.8 Å². The molecule has 1 heterocycles. The minimum Gasteiger partial charge on any atom is -0.399 e. The fourth-order valence-electron chi connectivity index (χ4n) is 2.04. The van der Waals surface area contributed by atoms with Gasteiger partial charge in [0.25, 0.3) is 5.91 Å². The summed E-state index contributed by atoms with van der Waals surface area (Å²) in [5.41, 5.74) is 7.73. The maximum atomic E-state index is 12.8. The molecule has 1 amide bonds. The second kappa shape index (κ2) is 5.81. The molecule has 0 aliphatic carbocycles. The van der Waals surface area contributed by atoms with Crippen LogP contribution in [0.15, 0.2) is 24.3 Å². The lowest BCUT2D eigenvalue weighted by Gasteiger charge is -2.23. The predicted molar refractivity (Wildman–Crippen MR) is 86.8 cm³/mol. The number of nitrogens with zero attached hydrogens (tertiary/aromatic N) is 3. The van der Waals surface area contributed by atoms with Crippen molar-refractivity contribution in [3.8, 4) is 0 Å². The lowest BCUT2D eigenvalue weighted by atomic mass is 9.91. The normalized spacial score (nSPS) is 11.4. The second-order valence-corrected chi connectivity index (χ2v) is 6.60. The molecule has 2 aromatic rings. The number of hydrogen-bond acceptors (Lipinski definition) is 5. The van der Waals surface area contributed by atoms with Crippen LogP contribution in [0.3, 0.4) is 0 Å². The number of carbonyl (C=O) groups excluding carboxylic acids is 1. The Bertz CT molecular complexity index is 628. The van der Waals surface area contributed by atoms with Crippen molar-refractivity contribution in [1.82, 2.24) is 9.59 Å². The van der Waals surface area contributed by atoms with Crippen LogP contribution < -0.4 is 10.6 Å². The van der Waals surface area contributed by atoms with Crippen molar-refractivity contribution in [2.24, 2.45) is 0 Å². The van der Waals surface area contributed by atoms with E-state index in [9.17, 15) is 4.79 Å². The van der Waals surface area contributed by atoms with E-state index in [1.54, 1.807) is 17.0 Å². The molecule has 0 bridgehead atoms. The molecule has 21 heavy (non-hydrogen) atoms. The number of rotatable bonds is 3. The number of amides is 1. The van der Waals surface area contributed by atoms with E-state index in [1.165, 1.54) is 0 Å². The molecule has 0 saturated carbocycles. The van der Waals surface area contributed by atoms with E-state index in [1.807, 2.05) is 39.8 Å². The zero-order valence-corrected chi connectivity index (χ0v) is 13.6. The van der Waals surface area contributed by atoms with Gasteiger partial charge < -0.3 is 10.6 Å². The van der Waals surface area contributed by atoms with Crippen LogP contribution >= 0.6 is 11.5 Å². The molecule has 112 valence electrons. The molecule has 6 heteroatoms. The SMILES string of the molecule is CCN(C(=O)c1snnc1C(C)(C)C)c1ccc(N)cc1. The van der Waals surface area contributed by atoms with Crippen LogP contribution in [0.2, 0.25) is 0 Å². The van der Waals surface area contributed by atoms with E-state index in [2.05, 4.69) is 9.59 Å². The fourth-order valence-corrected chi connectivity index (χ4v) is 2.87. The second-order valence-electron chi connectivity index (χ2n) is 5.84. The molecular weight excluding hydrogens is 284 g/mol. The number of benzene rings is 1. The van der Waals surface area contributed by atoms with Crippen molar-refractivity contribution in [3.63, 3.8) is 0 Å². The van der Waals surface area contributed by atoms with Gasteiger partial charge in [-0.05, 0) is 42.7 Å². The minimum absolute atomic E-state index is 0.0674. The Morgan fingerprint density at radius 1 is 1.29 bits per heavy atom. The predicted octanol–water partition coefficient (Wildman–Crippen LogP) is 3.08. The smallest absolute Gasteiger partial charge is 0.271 e. The van der Waals surface area contributed by atoms with E-state index < -0.39 is 0 Å². The molecule has 1 aromatic heterocycles. The maximum absolute atomic E-state index is 12.8. The van der Waals surface area contributed by atoms with E-state index in [-0.39, 0.29) is 11.3 Å². The minimum atomic E-state index is -0.210. The average Bonchev–Trinajstić information content (AvgIpc) is 2.91. The Kier molecular flexibility index (Phi) is 4.27. The van der Waals surface area contributed by atoms with Crippen LogP contribution in [-0.2, 0) is 5.41 Å². The number of anilines is 2. The van der Waals surface area contributed by atoms with Gasteiger partial charge in [-0.3, -0.25) is 4.79 Å². The zero-order chi connectivity index (χ0) is 15.6. The van der Waals surface area contributed by atoms with E-state index in [0.29, 0.717) is 17.1 Å². The van der Waals surface area contributed by atoms with Crippen LogP contribution in [0.25, 0.3) is 0 Å². The summed E-state index contributed by atoms with van der Waals surface area (Å²) in [4.78, 5) is 15.1. The number of hydrogen-bond donors (Lipinski definition) is 1. The Balaban J connectivity index is 2.38. The molecule has 0 spiro atoms. The van der Waals surface area contributed by atoms with Gasteiger partial charge in [0.1, 0.15) is 4.88 Å². The molecule has 1 aromatic carbocycles. The van der Waals surface area contributed by atoms with E-state index in [0.717, 1.165) is 22.9 Å². The highest BCUT2D eigenvalue weighted by Crippen LogP contribution is 2.28. The average molecular weight is 304 g/mol. The third-order valence-corrected chi connectivity index (χ3v) is 3.87. The van der Waals surface area contributed by atoms with Crippen LogP contribution in [0, 0.1) is 0 Å². The summed E-state index contributed by atoms with van der Waals surface area (Å²) in [6.07, 6.45) is 0. The van der Waals surface area contributed by atoms with E-state index in [4.69, 9.17) is 5.73 Å². The van der Waals surface area contributed by atoms with Crippen LogP contribution in [0.4, 0.5) is 11.4 Å². The lowest BCUT2D eigenvalue weighted by molar-refractivity contribution is 0.0990. The molecule has 0 fully saturated rings. The first kappa shape index (κ1) is 15.4. The summed E-state index contributed by atoms with van der Waals surface area (Å²) in [5, 5.41) is 4.13. The van der Waals surface area contributed by atoms with Crippen molar-refractivity contribution in [1.29, 1.82) is 0 Å². The van der Waals surface area contributed by atoms with Crippen LogP contribution in [0.1, 0.15) is 43.1 Å². The lowest BCUT2D eigenvalue weighted by Crippen LogP contribution is -2.32. The first-order chi connectivity index (χ1) is 9.84. The summed E-state index contributed by atoms with van der Waals surface area (Å²) in [6, 6.07) is 7.28. The zero-order valence-electron chi connectivity index (χ0n) is 12.8. The number of aromatic nitrogens is 2. The Hall–Kier alpha value is -1.95. The van der Waals surface area contributed by atoms with Crippen LogP contribution in [0.5, 0.6) is 0 Å². The summed E-state index contributed by atoms with van der Waals surface area (Å²) in [6.45, 7) is 8.60. The molecule has 0 unspecified atom stereocenters. The molecule has 2 rings (SSSR count). The van der Waals surface area contributed by atoms with Gasteiger partial charge in [0.05, 0.1) is 5.69 Å². The van der Waals surface area contributed by atoms with Gasteiger partial charge in [0.2, 0.25) is 0 Å². The van der Waals surface area contributed by atoms with Gasteiger partial charge in [-0.15, -0.1) is 5.10 Å². The monoisotopic (exact) mass is 304 g/mol.